The second-order valence-electron chi connectivity index (χ2n) is 4.58. The highest BCUT2D eigenvalue weighted by Crippen LogP contribution is 2.19. The fourth-order valence-electron chi connectivity index (χ4n) is 2.29. The summed E-state index contributed by atoms with van der Waals surface area (Å²) in [5.41, 5.74) is 8.62. The zero-order valence-corrected chi connectivity index (χ0v) is 10.8. The molecule has 6 heteroatoms. The van der Waals surface area contributed by atoms with Gasteiger partial charge in [0.15, 0.2) is 0 Å². The number of nitrogens with two attached hydrogens (primary N) is 1. The Morgan fingerprint density at radius 3 is 2.95 bits per heavy atom. The van der Waals surface area contributed by atoms with Crippen molar-refractivity contribution in [2.24, 2.45) is 0 Å². The third kappa shape index (κ3) is 2.29. The SMILES string of the molecule is Cc1nc2cc(N)ccc2n1CCCn1ccnn1. The predicted octanol–water partition coefficient (Wildman–Crippen LogP) is 1.61. The van der Waals surface area contributed by atoms with Gasteiger partial charge in [-0.05, 0) is 31.5 Å². The van der Waals surface area contributed by atoms with Crippen LogP contribution in [0.5, 0.6) is 0 Å². The standard InChI is InChI=1S/C13H16N6/c1-10-16-12-9-11(14)3-4-13(12)19(10)7-2-6-18-8-5-15-17-18/h3-5,8-9H,2,6-7,14H2,1H3. The zero-order valence-electron chi connectivity index (χ0n) is 10.8. The molecule has 0 saturated carbocycles. The van der Waals surface area contributed by atoms with Crippen LogP contribution in [0.2, 0.25) is 0 Å². The fraction of sp³-hybridized carbons (Fsp3) is 0.308. The molecule has 0 aliphatic carbocycles. The molecular formula is C13H16N6. The molecule has 0 unspecified atom stereocenters. The third-order valence-electron chi connectivity index (χ3n) is 3.20. The minimum absolute atomic E-state index is 0.750. The Bertz CT molecular complexity index is 683. The Morgan fingerprint density at radius 1 is 1.26 bits per heavy atom. The van der Waals surface area contributed by atoms with E-state index in [0.717, 1.165) is 42.1 Å². The Morgan fingerprint density at radius 2 is 2.16 bits per heavy atom. The van der Waals surface area contributed by atoms with Crippen LogP contribution in [-0.4, -0.2) is 24.5 Å². The van der Waals surface area contributed by atoms with Crippen LogP contribution < -0.4 is 5.73 Å². The number of fused-ring (bicyclic) bond motifs is 1. The molecule has 0 amide bonds. The minimum Gasteiger partial charge on any atom is -0.399 e. The first kappa shape index (κ1) is 11.7. The third-order valence-corrected chi connectivity index (χ3v) is 3.20. The number of hydrogen-bond acceptors (Lipinski definition) is 4. The highest BCUT2D eigenvalue weighted by molar-refractivity contribution is 5.79. The van der Waals surface area contributed by atoms with Crippen LogP contribution in [0.15, 0.2) is 30.6 Å². The van der Waals surface area contributed by atoms with Crippen LogP contribution in [0.1, 0.15) is 12.2 Å². The van der Waals surface area contributed by atoms with E-state index in [9.17, 15) is 0 Å². The quantitative estimate of drug-likeness (QED) is 0.720. The lowest BCUT2D eigenvalue weighted by Gasteiger charge is -2.06. The largest absolute Gasteiger partial charge is 0.399 e. The van der Waals surface area contributed by atoms with Gasteiger partial charge in [0.1, 0.15) is 5.82 Å². The van der Waals surface area contributed by atoms with Gasteiger partial charge in [-0.25, -0.2) is 4.98 Å². The lowest BCUT2D eigenvalue weighted by molar-refractivity contribution is 0.515. The van der Waals surface area contributed by atoms with E-state index in [0.29, 0.717) is 0 Å². The first-order chi connectivity index (χ1) is 9.24. The summed E-state index contributed by atoms with van der Waals surface area (Å²) in [5.74, 6) is 1.01. The van der Waals surface area contributed by atoms with Crippen molar-refractivity contribution in [1.29, 1.82) is 0 Å². The summed E-state index contributed by atoms with van der Waals surface area (Å²) in [4.78, 5) is 4.54. The number of imidazole rings is 1. The normalized spacial score (nSPS) is 11.2. The van der Waals surface area contributed by atoms with E-state index in [1.54, 1.807) is 6.20 Å². The van der Waals surface area contributed by atoms with E-state index in [2.05, 4.69) is 19.9 Å². The van der Waals surface area contributed by atoms with Crippen molar-refractivity contribution in [2.75, 3.05) is 5.73 Å². The van der Waals surface area contributed by atoms with Crippen molar-refractivity contribution in [3.8, 4) is 0 Å². The van der Waals surface area contributed by atoms with E-state index in [4.69, 9.17) is 5.73 Å². The topological polar surface area (TPSA) is 74.5 Å². The monoisotopic (exact) mass is 256 g/mol. The average Bonchev–Trinajstić information content (AvgIpc) is 2.98. The molecule has 0 spiro atoms. The van der Waals surface area contributed by atoms with Gasteiger partial charge in [-0.3, -0.25) is 4.68 Å². The maximum absolute atomic E-state index is 5.78. The van der Waals surface area contributed by atoms with Crippen molar-refractivity contribution in [2.45, 2.75) is 26.4 Å². The summed E-state index contributed by atoms with van der Waals surface area (Å²) < 4.78 is 4.05. The van der Waals surface area contributed by atoms with Gasteiger partial charge in [0.2, 0.25) is 0 Å². The molecule has 0 aliphatic rings. The molecule has 0 saturated heterocycles. The fourth-order valence-corrected chi connectivity index (χ4v) is 2.29. The van der Waals surface area contributed by atoms with Gasteiger partial charge in [0.05, 0.1) is 17.2 Å². The lowest BCUT2D eigenvalue weighted by Crippen LogP contribution is -2.06. The van der Waals surface area contributed by atoms with Crippen LogP contribution in [-0.2, 0) is 13.1 Å². The van der Waals surface area contributed by atoms with E-state index in [1.165, 1.54) is 0 Å². The molecule has 0 fully saturated rings. The summed E-state index contributed by atoms with van der Waals surface area (Å²) in [6, 6.07) is 5.85. The van der Waals surface area contributed by atoms with Gasteiger partial charge < -0.3 is 10.3 Å². The first-order valence-electron chi connectivity index (χ1n) is 6.30. The number of hydrogen-bond donors (Lipinski definition) is 1. The van der Waals surface area contributed by atoms with Crippen LogP contribution in [0, 0.1) is 6.92 Å². The molecule has 0 bridgehead atoms. The summed E-state index contributed by atoms with van der Waals surface area (Å²) in [6.07, 6.45) is 4.56. The highest BCUT2D eigenvalue weighted by atomic mass is 15.4. The second-order valence-corrected chi connectivity index (χ2v) is 4.58. The van der Waals surface area contributed by atoms with Crippen molar-refractivity contribution in [3.63, 3.8) is 0 Å². The zero-order chi connectivity index (χ0) is 13.2. The van der Waals surface area contributed by atoms with Crippen molar-refractivity contribution in [1.82, 2.24) is 24.5 Å². The lowest BCUT2D eigenvalue weighted by atomic mass is 10.3. The number of aryl methyl sites for hydroxylation is 3. The highest BCUT2D eigenvalue weighted by Gasteiger charge is 2.07. The maximum atomic E-state index is 5.78. The molecule has 3 rings (SSSR count). The van der Waals surface area contributed by atoms with Gasteiger partial charge in [0.25, 0.3) is 0 Å². The van der Waals surface area contributed by atoms with E-state index in [-0.39, 0.29) is 0 Å². The summed E-state index contributed by atoms with van der Waals surface area (Å²) in [6.45, 7) is 3.78. The van der Waals surface area contributed by atoms with Gasteiger partial charge >= 0.3 is 0 Å². The maximum Gasteiger partial charge on any atom is 0.106 e. The number of benzene rings is 1. The van der Waals surface area contributed by atoms with Gasteiger partial charge in [-0.1, -0.05) is 5.21 Å². The summed E-state index contributed by atoms with van der Waals surface area (Å²) >= 11 is 0. The molecule has 98 valence electrons. The van der Waals surface area contributed by atoms with Crippen molar-refractivity contribution < 1.29 is 0 Å². The van der Waals surface area contributed by atoms with E-state index in [1.807, 2.05) is 36.0 Å². The summed E-state index contributed by atoms with van der Waals surface area (Å²) in [5, 5.41) is 7.75. The van der Waals surface area contributed by atoms with Crippen LogP contribution in [0.25, 0.3) is 11.0 Å². The Kier molecular flexibility index (Phi) is 2.91. The molecule has 2 heterocycles. The van der Waals surface area contributed by atoms with Crippen LogP contribution in [0.4, 0.5) is 5.69 Å². The van der Waals surface area contributed by atoms with Gasteiger partial charge in [-0.2, -0.15) is 0 Å². The van der Waals surface area contributed by atoms with Crippen LogP contribution in [0.3, 0.4) is 0 Å². The molecule has 3 aromatic rings. The Balaban J connectivity index is 1.78. The Hall–Kier alpha value is -2.37. The summed E-state index contributed by atoms with van der Waals surface area (Å²) in [7, 11) is 0. The molecule has 0 aliphatic heterocycles. The first-order valence-corrected chi connectivity index (χ1v) is 6.30. The Labute approximate surface area is 110 Å². The molecule has 2 aromatic heterocycles. The molecule has 2 N–H and O–H groups in total. The smallest absolute Gasteiger partial charge is 0.106 e. The van der Waals surface area contributed by atoms with Crippen molar-refractivity contribution >= 4 is 16.7 Å². The van der Waals surface area contributed by atoms with Gasteiger partial charge in [0, 0.05) is 25.0 Å². The molecule has 6 nitrogen and oxygen atoms in total. The molecule has 1 aromatic carbocycles. The number of anilines is 1. The number of nitrogen functional groups attached to an aromatic ring is 1. The minimum atomic E-state index is 0.750. The average molecular weight is 256 g/mol. The number of nitrogens with zero attached hydrogens (tertiary/aromatic N) is 5. The molecule has 0 atom stereocenters. The van der Waals surface area contributed by atoms with E-state index < -0.39 is 0 Å². The molecule has 0 radical (unpaired) electrons. The number of aromatic nitrogens is 5. The molecular weight excluding hydrogens is 240 g/mol. The van der Waals surface area contributed by atoms with Crippen molar-refractivity contribution in [3.05, 3.63) is 36.4 Å². The van der Waals surface area contributed by atoms with Crippen LogP contribution >= 0.6 is 0 Å². The molecule has 19 heavy (non-hydrogen) atoms. The predicted molar refractivity (Wildman–Crippen MR) is 73.5 cm³/mol. The van der Waals surface area contributed by atoms with Gasteiger partial charge in [-0.15, -0.1) is 5.10 Å². The number of rotatable bonds is 4. The van der Waals surface area contributed by atoms with E-state index >= 15 is 0 Å². The second kappa shape index (κ2) is 4.72.